The van der Waals surface area contributed by atoms with Gasteiger partial charge in [0.05, 0.1) is 6.04 Å². The molecule has 106 valence electrons. The average Bonchev–Trinajstić information content (AvgIpc) is 2.36. The van der Waals surface area contributed by atoms with E-state index in [0.29, 0.717) is 0 Å². The summed E-state index contributed by atoms with van der Waals surface area (Å²) < 4.78 is 0. The van der Waals surface area contributed by atoms with E-state index < -0.39 is 29.9 Å². The van der Waals surface area contributed by atoms with E-state index in [1.807, 2.05) is 0 Å². The Kier molecular flexibility index (Phi) is 4.99. The molecule has 8 heteroatoms. The number of nitrogens with two attached hydrogens (primary N) is 1. The summed E-state index contributed by atoms with van der Waals surface area (Å²) >= 11 is 0. The quantitative estimate of drug-likeness (QED) is 0.518. The molecule has 1 rings (SSSR count). The van der Waals surface area contributed by atoms with E-state index >= 15 is 0 Å². The van der Waals surface area contributed by atoms with Crippen molar-refractivity contribution in [1.29, 1.82) is 0 Å². The number of likely N-dealkylation sites (tertiary alicyclic amines) is 1. The van der Waals surface area contributed by atoms with Crippen LogP contribution in [0.25, 0.3) is 0 Å². The summed E-state index contributed by atoms with van der Waals surface area (Å²) in [6.07, 6.45) is 0.194. The smallest absolute Gasteiger partial charge is 0.303 e. The van der Waals surface area contributed by atoms with Gasteiger partial charge >= 0.3 is 5.97 Å². The van der Waals surface area contributed by atoms with Crippen molar-refractivity contribution in [3.63, 3.8) is 0 Å². The molecule has 0 aromatic heterocycles. The van der Waals surface area contributed by atoms with Crippen LogP contribution in [0.15, 0.2) is 0 Å². The van der Waals surface area contributed by atoms with Crippen LogP contribution in [0.5, 0.6) is 0 Å². The minimum absolute atomic E-state index is 0.00313. The first-order valence-corrected chi connectivity index (χ1v) is 5.91. The molecule has 4 N–H and O–H groups in total. The summed E-state index contributed by atoms with van der Waals surface area (Å²) in [6, 6.07) is -1.75. The van der Waals surface area contributed by atoms with Crippen molar-refractivity contribution < 1.29 is 24.3 Å². The first-order valence-electron chi connectivity index (χ1n) is 5.91. The number of nitrogens with one attached hydrogen (secondary N) is 1. The fourth-order valence-electron chi connectivity index (χ4n) is 1.74. The second-order valence-electron chi connectivity index (χ2n) is 4.43. The fourth-order valence-corrected chi connectivity index (χ4v) is 1.74. The number of amides is 3. The Balaban J connectivity index is 2.50. The van der Waals surface area contributed by atoms with Crippen LogP contribution in [-0.4, -0.2) is 52.8 Å². The second-order valence-corrected chi connectivity index (χ2v) is 4.43. The molecule has 3 amide bonds. The van der Waals surface area contributed by atoms with Gasteiger partial charge in [-0.15, -0.1) is 0 Å². The first kappa shape index (κ1) is 15.1. The molecule has 1 aliphatic heterocycles. The van der Waals surface area contributed by atoms with E-state index in [1.54, 1.807) is 0 Å². The third-order valence-electron chi connectivity index (χ3n) is 2.97. The third-order valence-corrected chi connectivity index (χ3v) is 2.97. The highest BCUT2D eigenvalue weighted by atomic mass is 16.4. The van der Waals surface area contributed by atoms with Crippen LogP contribution < -0.4 is 11.1 Å². The standard InChI is InChI=1S/C11H17N3O5/c1-14-8(15)4-3-7(11(14)19)13-10(18)6(12)2-5-9(16)17/h6-7H,2-5,12H2,1H3,(H,13,18)(H,16,17). The zero-order valence-corrected chi connectivity index (χ0v) is 10.6. The van der Waals surface area contributed by atoms with Gasteiger partial charge in [0.25, 0.3) is 5.91 Å². The van der Waals surface area contributed by atoms with Crippen molar-refractivity contribution in [3.8, 4) is 0 Å². The number of nitrogens with zero attached hydrogens (tertiary/aromatic N) is 1. The van der Waals surface area contributed by atoms with Gasteiger partial charge in [0.1, 0.15) is 6.04 Å². The van der Waals surface area contributed by atoms with E-state index in [1.165, 1.54) is 7.05 Å². The van der Waals surface area contributed by atoms with Crippen LogP contribution >= 0.6 is 0 Å². The number of carboxylic acid groups (broad SMARTS) is 1. The van der Waals surface area contributed by atoms with Crippen molar-refractivity contribution in [1.82, 2.24) is 10.2 Å². The van der Waals surface area contributed by atoms with Gasteiger partial charge in [-0.1, -0.05) is 0 Å². The molecule has 19 heavy (non-hydrogen) atoms. The van der Waals surface area contributed by atoms with E-state index in [2.05, 4.69) is 5.32 Å². The molecule has 1 saturated heterocycles. The van der Waals surface area contributed by atoms with Gasteiger partial charge in [0, 0.05) is 19.9 Å². The molecule has 0 aliphatic carbocycles. The SMILES string of the molecule is CN1C(=O)CCC(NC(=O)C(N)CCC(=O)O)C1=O. The van der Waals surface area contributed by atoms with Crippen molar-refractivity contribution in [2.75, 3.05) is 7.05 Å². The number of piperidine rings is 1. The van der Waals surface area contributed by atoms with Gasteiger partial charge in [0.2, 0.25) is 11.8 Å². The average molecular weight is 271 g/mol. The highest BCUT2D eigenvalue weighted by Crippen LogP contribution is 2.11. The minimum Gasteiger partial charge on any atom is -0.481 e. The molecule has 1 heterocycles. The van der Waals surface area contributed by atoms with Crippen molar-refractivity contribution in [2.45, 2.75) is 37.8 Å². The van der Waals surface area contributed by atoms with Crippen LogP contribution in [0.1, 0.15) is 25.7 Å². The Bertz CT molecular complexity index is 409. The van der Waals surface area contributed by atoms with Crippen LogP contribution in [-0.2, 0) is 19.2 Å². The van der Waals surface area contributed by atoms with Crippen LogP contribution in [0.4, 0.5) is 0 Å². The molecule has 0 bridgehead atoms. The molecule has 0 saturated carbocycles. The molecule has 2 unspecified atom stereocenters. The summed E-state index contributed by atoms with van der Waals surface area (Å²) in [5.74, 6) is -2.38. The van der Waals surface area contributed by atoms with Gasteiger partial charge in [-0.2, -0.15) is 0 Å². The maximum absolute atomic E-state index is 11.7. The maximum Gasteiger partial charge on any atom is 0.303 e. The van der Waals surface area contributed by atoms with Crippen molar-refractivity contribution in [2.24, 2.45) is 5.73 Å². The Hall–Kier alpha value is -1.96. The Labute approximate surface area is 109 Å². The molecule has 1 aliphatic rings. The molecule has 2 atom stereocenters. The van der Waals surface area contributed by atoms with Crippen molar-refractivity contribution >= 4 is 23.7 Å². The van der Waals surface area contributed by atoms with Gasteiger partial charge in [-0.25, -0.2) is 0 Å². The molecule has 0 aromatic rings. The van der Waals surface area contributed by atoms with Gasteiger partial charge in [-0.3, -0.25) is 24.1 Å². The number of likely N-dealkylation sites (N-methyl/N-ethyl adjacent to an activating group) is 1. The van der Waals surface area contributed by atoms with Gasteiger partial charge in [-0.05, 0) is 12.8 Å². The maximum atomic E-state index is 11.7. The summed E-state index contributed by atoms with van der Waals surface area (Å²) in [5, 5.41) is 10.9. The minimum atomic E-state index is -1.04. The Morgan fingerprint density at radius 1 is 1.53 bits per heavy atom. The predicted molar refractivity (Wildman–Crippen MR) is 63.8 cm³/mol. The fraction of sp³-hybridized carbons (Fsp3) is 0.636. The number of carbonyl (C=O) groups is 4. The lowest BCUT2D eigenvalue weighted by atomic mass is 10.0. The highest BCUT2D eigenvalue weighted by Gasteiger charge is 2.33. The normalized spacial score (nSPS) is 21.2. The molecular weight excluding hydrogens is 254 g/mol. The van der Waals surface area contributed by atoms with E-state index in [-0.39, 0.29) is 31.6 Å². The van der Waals surface area contributed by atoms with E-state index in [4.69, 9.17) is 10.8 Å². The molecule has 8 nitrogen and oxygen atoms in total. The molecule has 0 spiro atoms. The lowest BCUT2D eigenvalue weighted by molar-refractivity contribution is -0.149. The summed E-state index contributed by atoms with van der Waals surface area (Å²) in [4.78, 5) is 46.0. The summed E-state index contributed by atoms with van der Waals surface area (Å²) in [5.41, 5.74) is 5.52. The summed E-state index contributed by atoms with van der Waals surface area (Å²) in [7, 11) is 1.35. The molecule has 0 aromatic carbocycles. The lowest BCUT2D eigenvalue weighted by Crippen LogP contribution is -2.55. The zero-order chi connectivity index (χ0) is 14.6. The topological polar surface area (TPSA) is 130 Å². The second kappa shape index (κ2) is 6.28. The van der Waals surface area contributed by atoms with E-state index in [0.717, 1.165) is 4.90 Å². The monoisotopic (exact) mass is 271 g/mol. The van der Waals surface area contributed by atoms with Crippen LogP contribution in [0.3, 0.4) is 0 Å². The number of imide groups is 1. The summed E-state index contributed by atoms with van der Waals surface area (Å²) in [6.45, 7) is 0. The predicted octanol–water partition coefficient (Wildman–Crippen LogP) is -1.56. The first-order chi connectivity index (χ1) is 8.82. The lowest BCUT2D eigenvalue weighted by Gasteiger charge is -2.28. The van der Waals surface area contributed by atoms with Gasteiger partial charge < -0.3 is 16.2 Å². The van der Waals surface area contributed by atoms with Crippen molar-refractivity contribution in [3.05, 3.63) is 0 Å². The number of hydrogen-bond acceptors (Lipinski definition) is 5. The van der Waals surface area contributed by atoms with Gasteiger partial charge in [0.15, 0.2) is 0 Å². The molecular formula is C11H17N3O5. The number of aliphatic carboxylic acids is 1. The number of carbonyl (C=O) groups excluding carboxylic acids is 3. The van der Waals surface area contributed by atoms with E-state index in [9.17, 15) is 19.2 Å². The largest absolute Gasteiger partial charge is 0.481 e. The zero-order valence-electron chi connectivity index (χ0n) is 10.6. The third kappa shape index (κ3) is 4.02. The van der Waals surface area contributed by atoms with Crippen LogP contribution in [0.2, 0.25) is 0 Å². The Morgan fingerprint density at radius 3 is 2.74 bits per heavy atom. The number of hydrogen-bond donors (Lipinski definition) is 3. The number of carboxylic acids is 1. The van der Waals surface area contributed by atoms with Crippen LogP contribution in [0, 0.1) is 0 Å². The number of rotatable bonds is 5. The highest BCUT2D eigenvalue weighted by molar-refractivity contribution is 6.01. The molecule has 0 radical (unpaired) electrons. The Morgan fingerprint density at radius 2 is 2.16 bits per heavy atom. The molecule has 1 fully saturated rings.